The number of piperidine rings is 1. The van der Waals surface area contributed by atoms with Gasteiger partial charge in [0.1, 0.15) is 0 Å². The monoisotopic (exact) mass is 445 g/mol. The SMILES string of the molecule is C=CC(=O)N(C)CC(=O)N1CC[C@@H](c2ccc(OC)c(F)c2)[C@@H](NC(=O)C(F)(F)F)C1. The molecule has 0 aromatic heterocycles. The van der Waals surface area contributed by atoms with Crippen LogP contribution in [-0.4, -0.2) is 73.5 Å². The Morgan fingerprint density at radius 2 is 2.03 bits per heavy atom. The van der Waals surface area contributed by atoms with Crippen molar-refractivity contribution >= 4 is 17.7 Å². The second kappa shape index (κ2) is 9.80. The maximum Gasteiger partial charge on any atom is 0.471 e. The molecule has 1 saturated heterocycles. The number of nitrogens with zero attached hydrogens (tertiary/aromatic N) is 2. The highest BCUT2D eigenvalue weighted by molar-refractivity contribution is 5.90. The van der Waals surface area contributed by atoms with Crippen LogP contribution < -0.4 is 10.1 Å². The minimum absolute atomic E-state index is 0.0258. The topological polar surface area (TPSA) is 79.0 Å². The predicted molar refractivity (Wildman–Crippen MR) is 103 cm³/mol. The molecule has 1 aromatic carbocycles. The molecule has 3 amide bonds. The van der Waals surface area contributed by atoms with Crippen molar-refractivity contribution in [2.75, 3.05) is 33.8 Å². The number of amides is 3. The number of hydrogen-bond acceptors (Lipinski definition) is 4. The van der Waals surface area contributed by atoms with Crippen molar-refractivity contribution < 1.29 is 36.7 Å². The minimum atomic E-state index is -5.11. The standard InChI is InChI=1S/C20H23F4N3O4/c1-4-17(28)26(2)11-18(29)27-8-7-13(12-5-6-16(31-3)14(21)9-12)15(10-27)25-19(30)20(22,23)24/h4-6,9,13,15H,1,7-8,10-11H2,2-3H3,(H,25,30)/t13-,15-/m0/s1. The van der Waals surface area contributed by atoms with Crippen LogP contribution in [0.2, 0.25) is 0 Å². The summed E-state index contributed by atoms with van der Waals surface area (Å²) < 4.78 is 57.5. The van der Waals surface area contributed by atoms with E-state index in [1.54, 1.807) is 0 Å². The van der Waals surface area contributed by atoms with Gasteiger partial charge < -0.3 is 19.9 Å². The number of hydrogen-bond donors (Lipinski definition) is 1. The van der Waals surface area contributed by atoms with Crippen molar-refractivity contribution in [2.24, 2.45) is 0 Å². The highest BCUT2D eigenvalue weighted by atomic mass is 19.4. The van der Waals surface area contributed by atoms with Crippen molar-refractivity contribution in [3.05, 3.63) is 42.2 Å². The zero-order valence-electron chi connectivity index (χ0n) is 17.0. The summed E-state index contributed by atoms with van der Waals surface area (Å²) in [7, 11) is 2.67. The van der Waals surface area contributed by atoms with Crippen LogP contribution in [0, 0.1) is 5.82 Å². The van der Waals surface area contributed by atoms with Gasteiger partial charge in [0.25, 0.3) is 0 Å². The summed E-state index contributed by atoms with van der Waals surface area (Å²) in [5.41, 5.74) is 0.372. The van der Waals surface area contributed by atoms with Gasteiger partial charge in [-0.3, -0.25) is 14.4 Å². The first-order chi connectivity index (χ1) is 14.5. The van der Waals surface area contributed by atoms with Crippen molar-refractivity contribution in [3.8, 4) is 5.75 Å². The molecule has 1 aliphatic rings. The zero-order chi connectivity index (χ0) is 23.3. The van der Waals surface area contributed by atoms with Crippen LogP contribution in [0.15, 0.2) is 30.9 Å². The van der Waals surface area contributed by atoms with Gasteiger partial charge in [0, 0.05) is 26.1 Å². The molecule has 2 rings (SSSR count). The molecule has 7 nitrogen and oxygen atoms in total. The third kappa shape index (κ3) is 5.96. The Bertz CT molecular complexity index is 859. The van der Waals surface area contributed by atoms with Crippen LogP contribution in [-0.2, 0) is 14.4 Å². The third-order valence-corrected chi connectivity index (χ3v) is 5.07. The summed E-state index contributed by atoms with van der Waals surface area (Å²) in [6.07, 6.45) is -3.90. The third-order valence-electron chi connectivity index (χ3n) is 5.07. The van der Waals surface area contributed by atoms with Gasteiger partial charge in [0.2, 0.25) is 11.8 Å². The second-order valence-corrected chi connectivity index (χ2v) is 7.11. The molecule has 0 radical (unpaired) electrons. The Kier molecular flexibility index (Phi) is 7.64. The molecule has 11 heteroatoms. The zero-order valence-corrected chi connectivity index (χ0v) is 17.0. The Morgan fingerprint density at radius 3 is 2.58 bits per heavy atom. The fourth-order valence-electron chi connectivity index (χ4n) is 3.42. The van der Waals surface area contributed by atoms with Crippen LogP contribution in [0.5, 0.6) is 5.75 Å². The van der Waals surface area contributed by atoms with E-state index in [0.717, 1.165) is 17.0 Å². The molecule has 0 aliphatic carbocycles. The molecule has 0 saturated carbocycles. The second-order valence-electron chi connectivity index (χ2n) is 7.11. The van der Waals surface area contributed by atoms with Gasteiger partial charge in [-0.05, 0) is 30.2 Å². The quantitative estimate of drug-likeness (QED) is 0.536. The highest BCUT2D eigenvalue weighted by Gasteiger charge is 2.42. The number of benzene rings is 1. The van der Waals surface area contributed by atoms with Gasteiger partial charge in [-0.25, -0.2) is 4.39 Å². The van der Waals surface area contributed by atoms with E-state index in [4.69, 9.17) is 4.74 Å². The molecule has 0 unspecified atom stereocenters. The van der Waals surface area contributed by atoms with Crippen LogP contribution in [0.4, 0.5) is 17.6 Å². The predicted octanol–water partition coefficient (Wildman–Crippen LogP) is 1.84. The van der Waals surface area contributed by atoms with Crippen LogP contribution >= 0.6 is 0 Å². The average molecular weight is 445 g/mol. The smallest absolute Gasteiger partial charge is 0.471 e. The number of carbonyl (C=O) groups is 3. The first-order valence-electron chi connectivity index (χ1n) is 9.34. The Labute approximate surface area is 176 Å². The lowest BCUT2D eigenvalue weighted by molar-refractivity contribution is -0.175. The molecule has 1 aromatic rings. The van der Waals surface area contributed by atoms with Crippen molar-refractivity contribution in [1.29, 1.82) is 0 Å². The average Bonchev–Trinajstić information content (AvgIpc) is 2.72. The van der Waals surface area contributed by atoms with Crippen LogP contribution in [0.3, 0.4) is 0 Å². The number of carbonyl (C=O) groups excluding carboxylic acids is 3. The Morgan fingerprint density at radius 1 is 1.35 bits per heavy atom. The number of likely N-dealkylation sites (N-methyl/N-ethyl adjacent to an activating group) is 1. The molecule has 2 atom stereocenters. The summed E-state index contributed by atoms with van der Waals surface area (Å²) in [4.78, 5) is 38.1. The van der Waals surface area contributed by atoms with Gasteiger partial charge >= 0.3 is 12.1 Å². The maximum absolute atomic E-state index is 14.1. The molecule has 1 aliphatic heterocycles. The first kappa shape index (κ1) is 24.2. The fraction of sp³-hybridized carbons (Fsp3) is 0.450. The number of rotatable bonds is 6. The molecular weight excluding hydrogens is 422 g/mol. The largest absolute Gasteiger partial charge is 0.494 e. The van der Waals surface area contributed by atoms with E-state index in [2.05, 4.69) is 6.58 Å². The van der Waals surface area contributed by atoms with Crippen LogP contribution in [0.25, 0.3) is 0 Å². The molecule has 1 fully saturated rings. The summed E-state index contributed by atoms with van der Waals surface area (Å²) >= 11 is 0. The number of likely N-dealkylation sites (tertiary alicyclic amines) is 1. The molecule has 1 N–H and O–H groups in total. The van der Waals surface area contributed by atoms with Crippen molar-refractivity contribution in [3.63, 3.8) is 0 Å². The van der Waals surface area contributed by atoms with Crippen molar-refractivity contribution in [2.45, 2.75) is 24.6 Å². The molecule has 0 spiro atoms. The van der Waals surface area contributed by atoms with E-state index in [0.29, 0.717) is 5.56 Å². The summed E-state index contributed by atoms with van der Waals surface area (Å²) in [6.45, 7) is 2.95. The Balaban J connectivity index is 2.24. The van der Waals surface area contributed by atoms with Gasteiger partial charge in [-0.1, -0.05) is 12.6 Å². The van der Waals surface area contributed by atoms with Crippen molar-refractivity contribution in [1.82, 2.24) is 15.1 Å². The number of ether oxygens (including phenoxy) is 1. The summed E-state index contributed by atoms with van der Waals surface area (Å²) in [5.74, 6) is -4.51. The van der Waals surface area contributed by atoms with Gasteiger partial charge in [0.05, 0.1) is 19.7 Å². The fourth-order valence-corrected chi connectivity index (χ4v) is 3.42. The minimum Gasteiger partial charge on any atom is -0.494 e. The normalized spacial score (nSPS) is 18.8. The van der Waals surface area contributed by atoms with E-state index in [-0.39, 0.29) is 31.8 Å². The van der Waals surface area contributed by atoms with Crippen LogP contribution in [0.1, 0.15) is 17.9 Å². The van der Waals surface area contributed by atoms with E-state index in [1.165, 1.54) is 31.2 Å². The molecular formula is C20H23F4N3O4. The van der Waals surface area contributed by atoms with Gasteiger partial charge in [-0.15, -0.1) is 0 Å². The lowest BCUT2D eigenvalue weighted by Crippen LogP contribution is -2.56. The number of nitrogens with one attached hydrogen (secondary N) is 1. The molecule has 0 bridgehead atoms. The van der Waals surface area contributed by atoms with E-state index >= 15 is 0 Å². The lowest BCUT2D eigenvalue weighted by Gasteiger charge is -2.39. The lowest BCUT2D eigenvalue weighted by atomic mass is 9.85. The van der Waals surface area contributed by atoms with Gasteiger partial charge in [-0.2, -0.15) is 13.2 Å². The number of methoxy groups -OCH3 is 1. The van der Waals surface area contributed by atoms with E-state index in [9.17, 15) is 31.9 Å². The molecule has 170 valence electrons. The summed E-state index contributed by atoms with van der Waals surface area (Å²) in [6, 6.07) is 2.89. The first-order valence-corrected chi connectivity index (χ1v) is 9.34. The van der Waals surface area contributed by atoms with E-state index < -0.39 is 41.7 Å². The highest BCUT2D eigenvalue weighted by Crippen LogP contribution is 2.32. The summed E-state index contributed by atoms with van der Waals surface area (Å²) in [5, 5.41) is 1.92. The maximum atomic E-state index is 14.1. The Hall–Kier alpha value is -3.11. The molecule has 1 heterocycles. The number of halogens is 4. The van der Waals surface area contributed by atoms with Gasteiger partial charge in [0.15, 0.2) is 11.6 Å². The number of alkyl halides is 3. The molecule has 31 heavy (non-hydrogen) atoms. The van der Waals surface area contributed by atoms with E-state index in [1.807, 2.05) is 5.32 Å².